The summed E-state index contributed by atoms with van der Waals surface area (Å²) in [5.74, 6) is 0.607. The Morgan fingerprint density at radius 3 is 2.86 bits per heavy atom. The number of rotatable bonds is 5. The van der Waals surface area contributed by atoms with Gasteiger partial charge < -0.3 is 4.74 Å². The number of nitrogens with zero attached hydrogens (tertiary/aromatic N) is 3. The molecule has 1 aliphatic carbocycles. The third-order valence-corrected chi connectivity index (χ3v) is 3.92. The quantitative estimate of drug-likeness (QED) is 0.618. The number of ether oxygens (including phenoxy) is 1. The SMILES string of the molecule is CCC(C)C=N/C=C(\C)c1nc2c(c(C(=O)OC)n1)CCC2. The van der Waals surface area contributed by atoms with E-state index in [1.807, 2.05) is 13.1 Å². The van der Waals surface area contributed by atoms with Crippen LogP contribution in [0.2, 0.25) is 0 Å². The van der Waals surface area contributed by atoms with Gasteiger partial charge in [-0.2, -0.15) is 0 Å². The average molecular weight is 301 g/mol. The number of aryl methyl sites for hydroxylation is 1. The lowest BCUT2D eigenvalue weighted by atomic mass is 10.1. The van der Waals surface area contributed by atoms with E-state index in [9.17, 15) is 4.79 Å². The number of fused-ring (bicyclic) bond motifs is 1. The first-order valence-corrected chi connectivity index (χ1v) is 7.75. The molecule has 0 bridgehead atoms. The summed E-state index contributed by atoms with van der Waals surface area (Å²) in [6.45, 7) is 6.15. The van der Waals surface area contributed by atoms with Gasteiger partial charge in [-0.05, 0) is 38.5 Å². The van der Waals surface area contributed by atoms with E-state index in [1.54, 1.807) is 6.20 Å². The van der Waals surface area contributed by atoms with Crippen LogP contribution in [0.25, 0.3) is 5.57 Å². The van der Waals surface area contributed by atoms with Gasteiger partial charge in [-0.1, -0.05) is 13.8 Å². The lowest BCUT2D eigenvalue weighted by Crippen LogP contribution is -2.12. The van der Waals surface area contributed by atoms with Gasteiger partial charge in [-0.3, -0.25) is 4.99 Å². The van der Waals surface area contributed by atoms with E-state index in [0.717, 1.165) is 42.5 Å². The summed E-state index contributed by atoms with van der Waals surface area (Å²) < 4.78 is 4.85. The number of methoxy groups -OCH3 is 1. The van der Waals surface area contributed by atoms with Crippen LogP contribution < -0.4 is 0 Å². The fourth-order valence-electron chi connectivity index (χ4n) is 2.34. The number of hydrogen-bond acceptors (Lipinski definition) is 5. The van der Waals surface area contributed by atoms with Crippen molar-refractivity contribution >= 4 is 17.8 Å². The Bertz CT molecular complexity index is 621. The summed E-state index contributed by atoms with van der Waals surface area (Å²) >= 11 is 0. The monoisotopic (exact) mass is 301 g/mol. The second-order valence-corrected chi connectivity index (χ2v) is 5.66. The molecule has 0 amide bonds. The molecule has 0 aliphatic heterocycles. The Morgan fingerprint density at radius 1 is 1.41 bits per heavy atom. The van der Waals surface area contributed by atoms with Crippen LogP contribution in [0.15, 0.2) is 11.2 Å². The van der Waals surface area contributed by atoms with E-state index in [1.165, 1.54) is 7.11 Å². The molecule has 2 rings (SSSR count). The first-order valence-electron chi connectivity index (χ1n) is 7.75. The Balaban J connectivity index is 2.34. The molecule has 0 aromatic carbocycles. The van der Waals surface area contributed by atoms with Crippen molar-refractivity contribution in [2.75, 3.05) is 7.11 Å². The molecule has 1 unspecified atom stereocenters. The molecule has 1 aliphatic rings. The lowest BCUT2D eigenvalue weighted by Gasteiger charge is -2.08. The number of aromatic nitrogens is 2. The van der Waals surface area contributed by atoms with E-state index in [2.05, 4.69) is 28.8 Å². The van der Waals surface area contributed by atoms with E-state index >= 15 is 0 Å². The van der Waals surface area contributed by atoms with Crippen molar-refractivity contribution in [3.8, 4) is 0 Å². The third kappa shape index (κ3) is 3.59. The van der Waals surface area contributed by atoms with Crippen LogP contribution in [0.4, 0.5) is 0 Å². The smallest absolute Gasteiger partial charge is 0.357 e. The summed E-state index contributed by atoms with van der Waals surface area (Å²) in [5, 5.41) is 0. The molecule has 0 saturated heterocycles. The molecule has 1 atom stereocenters. The molecule has 0 spiro atoms. The highest BCUT2D eigenvalue weighted by molar-refractivity contribution is 5.89. The first-order chi connectivity index (χ1) is 10.6. The van der Waals surface area contributed by atoms with Crippen molar-refractivity contribution in [1.29, 1.82) is 0 Å². The predicted octanol–water partition coefficient (Wildman–Crippen LogP) is 3.23. The zero-order valence-electron chi connectivity index (χ0n) is 13.7. The Labute approximate surface area is 131 Å². The van der Waals surface area contributed by atoms with E-state index < -0.39 is 5.97 Å². The van der Waals surface area contributed by atoms with Gasteiger partial charge in [0, 0.05) is 29.2 Å². The third-order valence-electron chi connectivity index (χ3n) is 3.92. The maximum absolute atomic E-state index is 11.9. The standard InChI is InChI=1S/C17H23N3O2/c1-5-11(2)9-18-10-12(3)16-19-14-8-6-7-13(14)15(20-16)17(21)22-4/h9-11H,5-8H2,1-4H3/b12-10+,18-9?. The summed E-state index contributed by atoms with van der Waals surface area (Å²) in [7, 11) is 1.38. The lowest BCUT2D eigenvalue weighted by molar-refractivity contribution is 0.0592. The van der Waals surface area contributed by atoms with Crippen LogP contribution in [-0.2, 0) is 17.6 Å². The Kier molecular flexibility index (Phi) is 5.41. The summed E-state index contributed by atoms with van der Waals surface area (Å²) in [6, 6.07) is 0. The maximum Gasteiger partial charge on any atom is 0.357 e. The highest BCUT2D eigenvalue weighted by atomic mass is 16.5. The maximum atomic E-state index is 11.9. The molecule has 0 fully saturated rings. The molecular formula is C17H23N3O2. The van der Waals surface area contributed by atoms with Crippen molar-refractivity contribution in [3.63, 3.8) is 0 Å². The second kappa shape index (κ2) is 7.29. The molecule has 0 radical (unpaired) electrons. The molecule has 118 valence electrons. The second-order valence-electron chi connectivity index (χ2n) is 5.66. The average Bonchev–Trinajstić information content (AvgIpc) is 3.01. The summed E-state index contributed by atoms with van der Waals surface area (Å²) in [6.07, 6.45) is 7.46. The van der Waals surface area contributed by atoms with Crippen molar-refractivity contribution in [2.24, 2.45) is 10.9 Å². The molecule has 1 heterocycles. The van der Waals surface area contributed by atoms with E-state index in [4.69, 9.17) is 4.74 Å². The van der Waals surface area contributed by atoms with Crippen LogP contribution in [-0.4, -0.2) is 29.3 Å². The number of aliphatic imine (C=N–C) groups is 1. The van der Waals surface area contributed by atoms with Gasteiger partial charge >= 0.3 is 5.97 Å². The van der Waals surface area contributed by atoms with Gasteiger partial charge in [0.1, 0.15) is 0 Å². The molecule has 1 aromatic heterocycles. The number of esters is 1. The van der Waals surface area contributed by atoms with Crippen molar-refractivity contribution in [1.82, 2.24) is 9.97 Å². The molecule has 22 heavy (non-hydrogen) atoms. The summed E-state index contributed by atoms with van der Waals surface area (Å²) in [4.78, 5) is 25.2. The van der Waals surface area contributed by atoms with Gasteiger partial charge in [-0.15, -0.1) is 0 Å². The Morgan fingerprint density at radius 2 is 2.18 bits per heavy atom. The first kappa shape index (κ1) is 16.3. The fourth-order valence-corrected chi connectivity index (χ4v) is 2.34. The summed E-state index contributed by atoms with van der Waals surface area (Å²) in [5.41, 5.74) is 3.15. The largest absolute Gasteiger partial charge is 0.464 e. The number of carbonyl (C=O) groups is 1. The fraction of sp³-hybridized carbons (Fsp3) is 0.529. The highest BCUT2D eigenvalue weighted by Crippen LogP contribution is 2.25. The minimum atomic E-state index is -0.391. The topological polar surface area (TPSA) is 64.4 Å². The molecule has 1 aromatic rings. The van der Waals surface area contributed by atoms with Gasteiger partial charge in [0.05, 0.1) is 7.11 Å². The van der Waals surface area contributed by atoms with Crippen molar-refractivity contribution < 1.29 is 9.53 Å². The van der Waals surface area contributed by atoms with Crippen LogP contribution in [0.3, 0.4) is 0 Å². The zero-order valence-corrected chi connectivity index (χ0v) is 13.7. The van der Waals surface area contributed by atoms with E-state index in [-0.39, 0.29) is 0 Å². The molecule has 0 saturated carbocycles. The van der Waals surface area contributed by atoms with Crippen molar-refractivity contribution in [3.05, 3.63) is 29.0 Å². The molecule has 5 heteroatoms. The van der Waals surface area contributed by atoms with Gasteiger partial charge in [0.15, 0.2) is 11.5 Å². The van der Waals surface area contributed by atoms with Crippen LogP contribution in [0, 0.1) is 5.92 Å². The normalized spacial score (nSPS) is 15.9. The molecular weight excluding hydrogens is 278 g/mol. The zero-order chi connectivity index (χ0) is 16.1. The minimum absolute atomic E-state index is 0.391. The van der Waals surface area contributed by atoms with Crippen molar-refractivity contribution in [2.45, 2.75) is 46.5 Å². The highest BCUT2D eigenvalue weighted by Gasteiger charge is 2.24. The molecule has 0 N–H and O–H groups in total. The number of carbonyl (C=O) groups excluding carboxylic acids is 1. The van der Waals surface area contributed by atoms with Gasteiger partial charge in [0.2, 0.25) is 0 Å². The van der Waals surface area contributed by atoms with E-state index in [0.29, 0.717) is 17.4 Å². The van der Waals surface area contributed by atoms with Crippen LogP contribution in [0.1, 0.15) is 61.2 Å². The predicted molar refractivity (Wildman–Crippen MR) is 87.0 cm³/mol. The number of allylic oxidation sites excluding steroid dienone is 1. The Hall–Kier alpha value is -2.04. The van der Waals surface area contributed by atoms with Gasteiger partial charge in [0.25, 0.3) is 0 Å². The van der Waals surface area contributed by atoms with Crippen LogP contribution >= 0.6 is 0 Å². The number of hydrogen-bond donors (Lipinski definition) is 0. The van der Waals surface area contributed by atoms with Crippen LogP contribution in [0.5, 0.6) is 0 Å². The minimum Gasteiger partial charge on any atom is -0.464 e. The molecule has 5 nitrogen and oxygen atoms in total. The van der Waals surface area contributed by atoms with Gasteiger partial charge in [-0.25, -0.2) is 14.8 Å².